The lowest BCUT2D eigenvalue weighted by atomic mass is 9.76. The molecule has 0 radical (unpaired) electrons. The van der Waals surface area contributed by atoms with Gasteiger partial charge < -0.3 is 14.5 Å². The molecule has 0 saturated heterocycles. The monoisotopic (exact) mass is 262 g/mol. The molecule has 20 heavy (non-hydrogen) atoms. The highest BCUT2D eigenvalue weighted by Gasteiger charge is 2.19. The molecule has 0 aliphatic carbocycles. The van der Waals surface area contributed by atoms with Crippen LogP contribution in [0.5, 0.6) is 0 Å². The zero-order valence-corrected chi connectivity index (χ0v) is 10.6. The summed E-state index contributed by atoms with van der Waals surface area (Å²) in [4.78, 5) is 0. The van der Waals surface area contributed by atoms with Crippen LogP contribution in [-0.2, 0) is 0 Å². The van der Waals surface area contributed by atoms with E-state index < -0.39 is 7.12 Å². The van der Waals surface area contributed by atoms with Crippen molar-refractivity contribution in [3.05, 3.63) is 54.6 Å². The molecule has 96 valence electrons. The first-order valence-electron chi connectivity index (χ1n) is 6.45. The van der Waals surface area contributed by atoms with Gasteiger partial charge >= 0.3 is 7.12 Å². The van der Waals surface area contributed by atoms with Crippen molar-refractivity contribution >= 4 is 45.3 Å². The largest absolute Gasteiger partial charge is 0.489 e. The summed E-state index contributed by atoms with van der Waals surface area (Å²) in [5.74, 6) is 0. The minimum atomic E-state index is -1.52. The van der Waals surface area contributed by atoms with Gasteiger partial charge in [0, 0.05) is 10.8 Å². The third kappa shape index (κ3) is 1.49. The quantitative estimate of drug-likeness (QED) is 0.518. The van der Waals surface area contributed by atoms with E-state index in [0.717, 1.165) is 27.1 Å². The SMILES string of the molecule is OB(O)c1cc2oc3ccccc3c2c2ccccc12. The zero-order chi connectivity index (χ0) is 13.7. The van der Waals surface area contributed by atoms with Crippen LogP contribution in [0.15, 0.2) is 59.0 Å². The van der Waals surface area contributed by atoms with E-state index in [9.17, 15) is 10.0 Å². The number of benzene rings is 3. The van der Waals surface area contributed by atoms with Gasteiger partial charge in [-0.05, 0) is 28.4 Å². The van der Waals surface area contributed by atoms with Crippen LogP contribution in [0.4, 0.5) is 0 Å². The Kier molecular flexibility index (Phi) is 2.36. The molecule has 0 atom stereocenters. The molecule has 1 heterocycles. The van der Waals surface area contributed by atoms with Crippen LogP contribution in [0, 0.1) is 0 Å². The summed E-state index contributed by atoms with van der Waals surface area (Å²) in [6.07, 6.45) is 0. The van der Waals surface area contributed by atoms with Crippen molar-refractivity contribution in [2.24, 2.45) is 0 Å². The molecular formula is C16H11BO3. The van der Waals surface area contributed by atoms with Gasteiger partial charge in [0.2, 0.25) is 0 Å². The lowest BCUT2D eigenvalue weighted by molar-refractivity contribution is 0.426. The van der Waals surface area contributed by atoms with E-state index in [0.29, 0.717) is 11.0 Å². The van der Waals surface area contributed by atoms with Crippen LogP contribution in [-0.4, -0.2) is 17.2 Å². The fourth-order valence-electron chi connectivity index (χ4n) is 2.83. The molecule has 0 fully saturated rings. The van der Waals surface area contributed by atoms with Crippen LogP contribution in [0.25, 0.3) is 32.7 Å². The van der Waals surface area contributed by atoms with Gasteiger partial charge in [-0.25, -0.2) is 0 Å². The molecule has 4 heteroatoms. The van der Waals surface area contributed by atoms with E-state index in [4.69, 9.17) is 4.42 Å². The van der Waals surface area contributed by atoms with Crippen molar-refractivity contribution in [1.82, 2.24) is 0 Å². The Balaban J connectivity index is 2.31. The van der Waals surface area contributed by atoms with Gasteiger partial charge in [0.1, 0.15) is 11.2 Å². The normalized spacial score (nSPS) is 11.5. The molecule has 0 aliphatic rings. The summed E-state index contributed by atoms with van der Waals surface area (Å²) in [6.45, 7) is 0. The molecule has 0 amide bonds. The third-order valence-electron chi connectivity index (χ3n) is 3.69. The minimum Gasteiger partial charge on any atom is -0.456 e. The average molecular weight is 262 g/mol. The molecule has 0 aliphatic heterocycles. The molecule has 2 N–H and O–H groups in total. The summed E-state index contributed by atoms with van der Waals surface area (Å²) in [6, 6.07) is 17.2. The number of rotatable bonds is 1. The van der Waals surface area contributed by atoms with Crippen LogP contribution >= 0.6 is 0 Å². The Morgan fingerprint density at radius 1 is 0.750 bits per heavy atom. The minimum absolute atomic E-state index is 0.465. The second-order valence-corrected chi connectivity index (χ2v) is 4.86. The molecular weight excluding hydrogens is 251 g/mol. The molecule has 1 aromatic heterocycles. The lowest BCUT2D eigenvalue weighted by Gasteiger charge is -2.06. The Bertz CT molecular complexity index is 940. The van der Waals surface area contributed by atoms with Crippen molar-refractivity contribution in [1.29, 1.82) is 0 Å². The van der Waals surface area contributed by atoms with E-state index in [1.54, 1.807) is 6.07 Å². The van der Waals surface area contributed by atoms with Crippen molar-refractivity contribution < 1.29 is 14.5 Å². The number of para-hydroxylation sites is 1. The molecule has 3 nitrogen and oxygen atoms in total. The van der Waals surface area contributed by atoms with E-state index in [-0.39, 0.29) is 0 Å². The maximum atomic E-state index is 9.57. The van der Waals surface area contributed by atoms with E-state index in [1.807, 2.05) is 48.5 Å². The topological polar surface area (TPSA) is 53.6 Å². The highest BCUT2D eigenvalue weighted by molar-refractivity contribution is 6.62. The fourth-order valence-corrected chi connectivity index (χ4v) is 2.83. The second kappa shape index (κ2) is 4.10. The van der Waals surface area contributed by atoms with Crippen molar-refractivity contribution in [3.63, 3.8) is 0 Å². The van der Waals surface area contributed by atoms with E-state index >= 15 is 0 Å². The molecule has 3 aromatic carbocycles. The number of hydrogen-bond acceptors (Lipinski definition) is 3. The summed E-state index contributed by atoms with van der Waals surface area (Å²) in [5, 5.41) is 23.0. The van der Waals surface area contributed by atoms with Gasteiger partial charge in [-0.1, -0.05) is 42.5 Å². The fraction of sp³-hybridized carbons (Fsp3) is 0. The first-order valence-corrected chi connectivity index (χ1v) is 6.45. The first kappa shape index (κ1) is 11.5. The van der Waals surface area contributed by atoms with Crippen LogP contribution in [0.3, 0.4) is 0 Å². The van der Waals surface area contributed by atoms with Crippen LogP contribution in [0.1, 0.15) is 0 Å². The summed E-state index contributed by atoms with van der Waals surface area (Å²) in [5.41, 5.74) is 1.94. The third-order valence-corrected chi connectivity index (χ3v) is 3.69. The highest BCUT2D eigenvalue weighted by atomic mass is 16.4. The van der Waals surface area contributed by atoms with E-state index in [1.165, 1.54) is 0 Å². The van der Waals surface area contributed by atoms with Gasteiger partial charge in [-0.3, -0.25) is 0 Å². The van der Waals surface area contributed by atoms with Crippen molar-refractivity contribution in [2.75, 3.05) is 0 Å². The Morgan fingerprint density at radius 3 is 2.15 bits per heavy atom. The maximum absolute atomic E-state index is 9.57. The predicted octanol–water partition coefficient (Wildman–Crippen LogP) is 2.42. The molecule has 0 unspecified atom stereocenters. The van der Waals surface area contributed by atoms with Gasteiger partial charge in [-0.2, -0.15) is 0 Å². The maximum Gasteiger partial charge on any atom is 0.489 e. The summed E-state index contributed by atoms with van der Waals surface area (Å²) in [7, 11) is -1.52. The average Bonchev–Trinajstić information content (AvgIpc) is 2.84. The Morgan fingerprint density at radius 2 is 1.40 bits per heavy atom. The molecule has 4 rings (SSSR count). The van der Waals surface area contributed by atoms with Gasteiger partial charge in [0.15, 0.2) is 0 Å². The summed E-state index contributed by atoms with van der Waals surface area (Å²) < 4.78 is 5.83. The smallest absolute Gasteiger partial charge is 0.456 e. The molecule has 0 spiro atoms. The van der Waals surface area contributed by atoms with Crippen molar-refractivity contribution in [3.8, 4) is 0 Å². The van der Waals surface area contributed by atoms with Crippen LogP contribution in [0.2, 0.25) is 0 Å². The Hall–Kier alpha value is -2.30. The standard InChI is InChI=1S/C16H11BO3/c18-17(19)13-9-15-16(11-6-2-1-5-10(11)13)12-7-3-4-8-14(12)20-15/h1-9,18-19H. The van der Waals surface area contributed by atoms with Gasteiger partial charge in [-0.15, -0.1) is 0 Å². The van der Waals surface area contributed by atoms with Crippen LogP contribution < -0.4 is 5.46 Å². The number of furan rings is 1. The first-order chi connectivity index (χ1) is 9.75. The predicted molar refractivity (Wildman–Crippen MR) is 81.1 cm³/mol. The highest BCUT2D eigenvalue weighted by Crippen LogP contribution is 2.33. The summed E-state index contributed by atoms with van der Waals surface area (Å²) >= 11 is 0. The zero-order valence-electron chi connectivity index (χ0n) is 10.6. The van der Waals surface area contributed by atoms with Gasteiger partial charge in [0.25, 0.3) is 0 Å². The van der Waals surface area contributed by atoms with Gasteiger partial charge in [0.05, 0.1) is 0 Å². The molecule has 4 aromatic rings. The lowest BCUT2D eigenvalue weighted by Crippen LogP contribution is -2.30. The van der Waals surface area contributed by atoms with Crippen molar-refractivity contribution in [2.45, 2.75) is 0 Å². The number of fused-ring (bicyclic) bond motifs is 5. The van der Waals surface area contributed by atoms with E-state index in [2.05, 4.69) is 0 Å². The molecule has 0 bridgehead atoms. The number of hydrogen-bond donors (Lipinski definition) is 2. The molecule has 0 saturated carbocycles. The Labute approximate surface area is 115 Å². The second-order valence-electron chi connectivity index (χ2n) is 4.86.